The number of nitriles is 1. The highest BCUT2D eigenvalue weighted by Gasteiger charge is 2.54. The van der Waals surface area contributed by atoms with Crippen LogP contribution in [0.2, 0.25) is 5.02 Å². The highest BCUT2D eigenvalue weighted by Crippen LogP contribution is 2.56. The second-order valence-electron chi connectivity index (χ2n) is 10.6. The zero-order valence-electron chi connectivity index (χ0n) is 19.7. The van der Waals surface area contributed by atoms with Gasteiger partial charge in [-0.3, -0.25) is 9.47 Å². The van der Waals surface area contributed by atoms with Gasteiger partial charge >= 0.3 is 0 Å². The van der Waals surface area contributed by atoms with E-state index < -0.39 is 5.95 Å². The third-order valence-corrected chi connectivity index (χ3v) is 8.47. The molecule has 36 heavy (non-hydrogen) atoms. The minimum atomic E-state index is -0.703. The Morgan fingerprint density at radius 3 is 2.75 bits per heavy atom. The molecule has 0 N–H and O–H groups in total. The van der Waals surface area contributed by atoms with Crippen molar-refractivity contribution in [2.24, 2.45) is 5.41 Å². The summed E-state index contributed by atoms with van der Waals surface area (Å²) < 4.78 is 21.9. The van der Waals surface area contributed by atoms with Crippen molar-refractivity contribution in [3.63, 3.8) is 0 Å². The molecule has 1 atom stereocenters. The average Bonchev–Trinajstić information content (AvgIpc) is 3.45. The standard InChI is InChI=1S/C26H25ClFN7O/c27-19-2-3-21-17(7-19)11-33(20-5-6-36-13-20)12-23-31-32-25(35(21)23)18-8-26(9-18)14-34(15-26)22-4-1-16(10-29)24(28)30-22/h1-4,7,18,20H,5-6,8-9,11-15H2/t20-/m0/s1. The van der Waals surface area contributed by atoms with Crippen LogP contribution in [0.5, 0.6) is 0 Å². The molecule has 3 fully saturated rings. The number of ether oxygens (including phenoxy) is 1. The number of benzene rings is 1. The fourth-order valence-corrected chi connectivity index (χ4v) is 6.61. The summed E-state index contributed by atoms with van der Waals surface area (Å²) in [6.45, 7) is 4.76. The van der Waals surface area contributed by atoms with Crippen LogP contribution in [-0.2, 0) is 17.8 Å². The number of hydrogen-bond donors (Lipinski definition) is 0. The predicted octanol–water partition coefficient (Wildman–Crippen LogP) is 3.81. The van der Waals surface area contributed by atoms with Gasteiger partial charge in [-0.05, 0) is 55.2 Å². The summed E-state index contributed by atoms with van der Waals surface area (Å²) in [6, 6.07) is 11.5. The molecule has 10 heteroatoms. The summed E-state index contributed by atoms with van der Waals surface area (Å²) in [5.74, 6) is 2.20. The van der Waals surface area contributed by atoms with Crippen LogP contribution in [0.4, 0.5) is 10.2 Å². The van der Waals surface area contributed by atoms with Crippen LogP contribution in [0.3, 0.4) is 0 Å². The first-order valence-electron chi connectivity index (χ1n) is 12.4. The maximum Gasteiger partial charge on any atom is 0.232 e. The first-order chi connectivity index (χ1) is 17.5. The Kier molecular flexibility index (Phi) is 5.07. The van der Waals surface area contributed by atoms with Crippen molar-refractivity contribution in [1.29, 1.82) is 5.26 Å². The zero-order valence-corrected chi connectivity index (χ0v) is 20.5. The smallest absolute Gasteiger partial charge is 0.232 e. The normalized spacial score (nSPS) is 22.9. The van der Waals surface area contributed by atoms with Gasteiger partial charge in [0.1, 0.15) is 23.3 Å². The Balaban J connectivity index is 1.12. The Hall–Kier alpha value is -3.06. The Bertz CT molecular complexity index is 1380. The summed E-state index contributed by atoms with van der Waals surface area (Å²) in [7, 11) is 0. The SMILES string of the molecule is N#Cc1ccc(N2CC3(CC(c4nnc5n4-c4ccc(Cl)cc4CN([C@H]4CCOC4)C5)C3)C2)nc1F. The van der Waals surface area contributed by atoms with E-state index in [-0.39, 0.29) is 11.0 Å². The van der Waals surface area contributed by atoms with Crippen LogP contribution in [0.1, 0.15) is 48.0 Å². The number of halogens is 2. The van der Waals surface area contributed by atoms with E-state index >= 15 is 0 Å². The minimum absolute atomic E-state index is 0.0224. The van der Waals surface area contributed by atoms with Crippen molar-refractivity contribution in [2.45, 2.75) is 44.3 Å². The monoisotopic (exact) mass is 505 g/mol. The van der Waals surface area contributed by atoms with E-state index in [2.05, 4.69) is 36.6 Å². The van der Waals surface area contributed by atoms with E-state index in [0.29, 0.717) is 17.8 Å². The lowest BCUT2D eigenvalue weighted by atomic mass is 9.57. The average molecular weight is 506 g/mol. The molecular weight excluding hydrogens is 481 g/mol. The molecular formula is C26H25ClFN7O. The lowest BCUT2D eigenvalue weighted by Gasteiger charge is -2.59. The molecule has 2 aromatic heterocycles. The summed E-state index contributed by atoms with van der Waals surface area (Å²) in [5, 5.41) is 19.0. The Morgan fingerprint density at radius 2 is 2.00 bits per heavy atom. The molecule has 1 aliphatic carbocycles. The molecule has 7 rings (SSSR count). The molecule has 2 saturated heterocycles. The molecule has 0 amide bonds. The number of fused-ring (bicyclic) bond motifs is 3. The van der Waals surface area contributed by atoms with Gasteiger partial charge < -0.3 is 9.64 Å². The van der Waals surface area contributed by atoms with E-state index in [9.17, 15) is 4.39 Å². The lowest BCUT2D eigenvalue weighted by Crippen LogP contribution is -2.62. The predicted molar refractivity (Wildman–Crippen MR) is 130 cm³/mol. The van der Waals surface area contributed by atoms with Crippen molar-refractivity contribution in [3.05, 3.63) is 64.1 Å². The van der Waals surface area contributed by atoms with E-state index in [1.165, 1.54) is 11.6 Å². The van der Waals surface area contributed by atoms with Gasteiger partial charge in [0.15, 0.2) is 5.82 Å². The fourth-order valence-electron chi connectivity index (χ4n) is 6.42. The molecule has 1 spiro atoms. The van der Waals surface area contributed by atoms with Crippen molar-refractivity contribution >= 4 is 17.4 Å². The van der Waals surface area contributed by atoms with Gasteiger partial charge in [-0.25, -0.2) is 4.98 Å². The summed E-state index contributed by atoms with van der Waals surface area (Å²) in [5.41, 5.74) is 2.48. The third kappa shape index (κ3) is 3.51. The maximum atomic E-state index is 14.0. The molecule has 0 unspecified atom stereocenters. The van der Waals surface area contributed by atoms with Gasteiger partial charge in [0.25, 0.3) is 0 Å². The van der Waals surface area contributed by atoms with Crippen LogP contribution in [-0.4, -0.2) is 57.0 Å². The van der Waals surface area contributed by atoms with Gasteiger partial charge in [0, 0.05) is 48.6 Å². The number of aromatic nitrogens is 4. The van der Waals surface area contributed by atoms with Crippen LogP contribution >= 0.6 is 11.6 Å². The fraction of sp³-hybridized carbons (Fsp3) is 0.462. The van der Waals surface area contributed by atoms with Crippen LogP contribution < -0.4 is 4.90 Å². The molecule has 8 nitrogen and oxygen atoms in total. The van der Waals surface area contributed by atoms with Gasteiger partial charge in [0.05, 0.1) is 18.8 Å². The van der Waals surface area contributed by atoms with E-state index in [0.717, 1.165) is 81.0 Å². The first-order valence-corrected chi connectivity index (χ1v) is 12.8. The van der Waals surface area contributed by atoms with Gasteiger partial charge in [-0.2, -0.15) is 9.65 Å². The maximum absolute atomic E-state index is 14.0. The van der Waals surface area contributed by atoms with Crippen LogP contribution in [0.15, 0.2) is 30.3 Å². The van der Waals surface area contributed by atoms with Gasteiger partial charge in [0.2, 0.25) is 5.95 Å². The number of hydrogen-bond acceptors (Lipinski definition) is 7. The van der Waals surface area contributed by atoms with E-state index in [4.69, 9.17) is 26.7 Å². The van der Waals surface area contributed by atoms with Crippen molar-refractivity contribution in [2.75, 3.05) is 31.2 Å². The minimum Gasteiger partial charge on any atom is -0.380 e. The molecule has 1 aromatic carbocycles. The van der Waals surface area contributed by atoms with Gasteiger partial charge in [-0.1, -0.05) is 11.6 Å². The molecule has 4 aliphatic rings. The topological polar surface area (TPSA) is 83.1 Å². The second-order valence-corrected chi connectivity index (χ2v) is 11.0. The highest BCUT2D eigenvalue weighted by molar-refractivity contribution is 6.30. The van der Waals surface area contributed by atoms with Crippen molar-refractivity contribution < 1.29 is 9.13 Å². The molecule has 3 aromatic rings. The van der Waals surface area contributed by atoms with E-state index in [1.54, 1.807) is 6.07 Å². The van der Waals surface area contributed by atoms with E-state index in [1.807, 2.05) is 12.1 Å². The first kappa shape index (κ1) is 22.2. The summed E-state index contributed by atoms with van der Waals surface area (Å²) in [6.07, 6.45) is 3.06. The van der Waals surface area contributed by atoms with Gasteiger partial charge in [-0.15, -0.1) is 10.2 Å². The molecule has 1 saturated carbocycles. The van der Waals surface area contributed by atoms with Crippen molar-refractivity contribution in [3.8, 4) is 11.8 Å². The Labute approximate surface area is 213 Å². The summed E-state index contributed by atoms with van der Waals surface area (Å²) in [4.78, 5) is 8.51. The Morgan fingerprint density at radius 1 is 1.14 bits per heavy atom. The largest absolute Gasteiger partial charge is 0.380 e. The molecule has 0 bridgehead atoms. The molecule has 0 radical (unpaired) electrons. The lowest BCUT2D eigenvalue weighted by molar-refractivity contribution is 0.0580. The zero-order chi connectivity index (χ0) is 24.4. The second kappa shape index (κ2) is 8.23. The molecule has 5 heterocycles. The quantitative estimate of drug-likeness (QED) is 0.500. The highest BCUT2D eigenvalue weighted by atomic mass is 35.5. The summed E-state index contributed by atoms with van der Waals surface area (Å²) >= 11 is 6.40. The van der Waals surface area contributed by atoms with Crippen LogP contribution in [0.25, 0.3) is 5.69 Å². The number of anilines is 1. The number of pyridine rings is 1. The number of rotatable bonds is 3. The van der Waals surface area contributed by atoms with Crippen molar-refractivity contribution in [1.82, 2.24) is 24.6 Å². The molecule has 3 aliphatic heterocycles. The number of nitrogens with zero attached hydrogens (tertiary/aromatic N) is 7. The van der Waals surface area contributed by atoms with Crippen LogP contribution in [0, 0.1) is 22.7 Å². The third-order valence-electron chi connectivity index (χ3n) is 8.23. The molecule has 184 valence electrons.